The maximum atomic E-state index is 12.1. The number of benzene rings is 1. The van der Waals surface area contributed by atoms with Gasteiger partial charge in [0.15, 0.2) is 11.6 Å². The van der Waals surface area contributed by atoms with Gasteiger partial charge in [-0.25, -0.2) is 9.78 Å². The number of anilines is 1. The summed E-state index contributed by atoms with van der Waals surface area (Å²) >= 11 is 0. The maximum absolute atomic E-state index is 12.1. The van der Waals surface area contributed by atoms with Crippen molar-refractivity contribution in [2.45, 2.75) is 12.8 Å². The van der Waals surface area contributed by atoms with Crippen LogP contribution in [0.25, 0.3) is 22.6 Å². The molecule has 3 N–H and O–H groups in total. The molecule has 2 aromatic heterocycles. The van der Waals surface area contributed by atoms with Gasteiger partial charge in [0.05, 0.1) is 23.8 Å². The lowest BCUT2D eigenvalue weighted by atomic mass is 10.2. The molecule has 1 saturated heterocycles. The van der Waals surface area contributed by atoms with Crippen LogP contribution in [-0.2, 0) is 9.59 Å². The van der Waals surface area contributed by atoms with Gasteiger partial charge in [-0.1, -0.05) is 0 Å². The van der Waals surface area contributed by atoms with Crippen LogP contribution in [0.1, 0.15) is 12.8 Å². The van der Waals surface area contributed by atoms with Crippen molar-refractivity contribution >= 4 is 34.6 Å². The monoisotopic (exact) mass is 367 g/mol. The van der Waals surface area contributed by atoms with Crippen molar-refractivity contribution in [3.8, 4) is 11.6 Å². The van der Waals surface area contributed by atoms with Crippen LogP contribution in [0.3, 0.4) is 0 Å². The summed E-state index contributed by atoms with van der Waals surface area (Å²) in [6.45, 7) is 0.249. The SMILES string of the molecule is O=C(CCCN1C(=O)CNC1=O)Nc1ccc2nc(-c3ccco3)[nH]c2c1. The van der Waals surface area contributed by atoms with Crippen molar-refractivity contribution in [1.29, 1.82) is 0 Å². The number of urea groups is 1. The van der Waals surface area contributed by atoms with Crippen molar-refractivity contribution < 1.29 is 18.8 Å². The quantitative estimate of drug-likeness (QED) is 0.576. The Kier molecular flexibility index (Phi) is 4.33. The second-order valence-electron chi connectivity index (χ2n) is 6.15. The first-order valence-corrected chi connectivity index (χ1v) is 8.52. The molecule has 1 aliphatic heterocycles. The lowest BCUT2D eigenvalue weighted by molar-refractivity contribution is -0.125. The molecule has 3 aromatic rings. The topological polar surface area (TPSA) is 120 Å². The first-order valence-electron chi connectivity index (χ1n) is 8.52. The zero-order valence-electron chi connectivity index (χ0n) is 14.3. The summed E-state index contributed by atoms with van der Waals surface area (Å²) in [4.78, 5) is 43.8. The van der Waals surface area contributed by atoms with Crippen molar-refractivity contribution in [3.05, 3.63) is 36.6 Å². The molecule has 1 aromatic carbocycles. The maximum Gasteiger partial charge on any atom is 0.324 e. The molecule has 0 unspecified atom stereocenters. The molecular formula is C18H17N5O4. The summed E-state index contributed by atoms with van der Waals surface area (Å²) in [5, 5.41) is 5.26. The van der Waals surface area contributed by atoms with E-state index in [4.69, 9.17) is 4.42 Å². The highest BCUT2D eigenvalue weighted by Gasteiger charge is 2.27. The average molecular weight is 367 g/mol. The average Bonchev–Trinajstić information content (AvgIpc) is 3.37. The minimum atomic E-state index is -0.405. The molecule has 1 aliphatic rings. The Morgan fingerprint density at radius 3 is 2.93 bits per heavy atom. The van der Waals surface area contributed by atoms with Gasteiger partial charge in [-0.2, -0.15) is 0 Å². The summed E-state index contributed by atoms with van der Waals surface area (Å²) in [6.07, 6.45) is 2.18. The summed E-state index contributed by atoms with van der Waals surface area (Å²) < 4.78 is 5.33. The number of nitrogens with zero attached hydrogens (tertiary/aromatic N) is 2. The van der Waals surface area contributed by atoms with Gasteiger partial charge in [-0.3, -0.25) is 14.5 Å². The second-order valence-corrected chi connectivity index (χ2v) is 6.15. The Morgan fingerprint density at radius 1 is 1.30 bits per heavy atom. The van der Waals surface area contributed by atoms with Gasteiger partial charge in [0.25, 0.3) is 0 Å². The fourth-order valence-electron chi connectivity index (χ4n) is 2.92. The number of carbonyl (C=O) groups is 3. The first kappa shape index (κ1) is 16.8. The van der Waals surface area contributed by atoms with Crippen molar-refractivity contribution in [2.75, 3.05) is 18.4 Å². The molecular weight excluding hydrogens is 350 g/mol. The number of imide groups is 1. The summed E-state index contributed by atoms with van der Waals surface area (Å²) in [5.41, 5.74) is 2.17. The van der Waals surface area contributed by atoms with Crippen LogP contribution in [0.2, 0.25) is 0 Å². The zero-order chi connectivity index (χ0) is 18.8. The minimum Gasteiger partial charge on any atom is -0.461 e. The van der Waals surface area contributed by atoms with E-state index in [1.54, 1.807) is 30.5 Å². The number of hydrogen-bond donors (Lipinski definition) is 3. The van der Waals surface area contributed by atoms with E-state index in [-0.39, 0.29) is 31.3 Å². The van der Waals surface area contributed by atoms with E-state index >= 15 is 0 Å². The molecule has 0 spiro atoms. The fraction of sp³-hybridized carbons (Fsp3) is 0.222. The summed E-state index contributed by atoms with van der Waals surface area (Å²) in [5.74, 6) is 0.800. The lowest BCUT2D eigenvalue weighted by Crippen LogP contribution is -2.32. The van der Waals surface area contributed by atoms with E-state index in [2.05, 4.69) is 20.6 Å². The van der Waals surface area contributed by atoms with E-state index in [1.807, 2.05) is 6.07 Å². The van der Waals surface area contributed by atoms with Crippen molar-refractivity contribution in [1.82, 2.24) is 20.2 Å². The van der Waals surface area contributed by atoms with E-state index in [9.17, 15) is 14.4 Å². The number of carbonyl (C=O) groups excluding carboxylic acids is 3. The Morgan fingerprint density at radius 2 is 2.19 bits per heavy atom. The fourth-order valence-corrected chi connectivity index (χ4v) is 2.92. The van der Waals surface area contributed by atoms with Crippen LogP contribution < -0.4 is 10.6 Å². The molecule has 9 nitrogen and oxygen atoms in total. The van der Waals surface area contributed by atoms with Gasteiger partial charge >= 0.3 is 6.03 Å². The number of nitrogens with one attached hydrogen (secondary N) is 3. The number of aromatic amines is 1. The normalized spacial score (nSPS) is 14.0. The molecule has 1 fully saturated rings. The Bertz CT molecular complexity index is 992. The number of H-pyrrole nitrogens is 1. The predicted molar refractivity (Wildman–Crippen MR) is 96.8 cm³/mol. The molecule has 0 radical (unpaired) electrons. The van der Waals surface area contributed by atoms with Crippen LogP contribution in [0.4, 0.5) is 10.5 Å². The van der Waals surface area contributed by atoms with Crippen LogP contribution in [-0.4, -0.2) is 45.8 Å². The number of furan rings is 1. The number of rotatable bonds is 6. The van der Waals surface area contributed by atoms with Gasteiger partial charge in [0.2, 0.25) is 11.8 Å². The number of hydrogen-bond acceptors (Lipinski definition) is 5. The Labute approximate surface area is 153 Å². The van der Waals surface area contributed by atoms with Crippen LogP contribution in [0.5, 0.6) is 0 Å². The molecule has 0 bridgehead atoms. The second kappa shape index (κ2) is 6.94. The van der Waals surface area contributed by atoms with Crippen molar-refractivity contribution in [3.63, 3.8) is 0 Å². The molecule has 3 heterocycles. The smallest absolute Gasteiger partial charge is 0.324 e. The molecule has 0 saturated carbocycles. The third-order valence-electron chi connectivity index (χ3n) is 4.24. The Balaban J connectivity index is 1.36. The third-order valence-corrected chi connectivity index (χ3v) is 4.24. The molecule has 0 aliphatic carbocycles. The highest BCUT2D eigenvalue weighted by Crippen LogP contribution is 2.23. The van der Waals surface area contributed by atoms with E-state index in [0.29, 0.717) is 23.7 Å². The highest BCUT2D eigenvalue weighted by molar-refractivity contribution is 6.02. The molecule has 9 heteroatoms. The molecule has 4 amide bonds. The predicted octanol–water partition coefficient (Wildman–Crippen LogP) is 2.09. The first-order chi connectivity index (χ1) is 13.1. The molecule has 27 heavy (non-hydrogen) atoms. The van der Waals surface area contributed by atoms with E-state index in [1.165, 1.54) is 0 Å². The Hall–Kier alpha value is -3.62. The minimum absolute atomic E-state index is 0.0230. The third kappa shape index (κ3) is 3.52. The molecule has 0 atom stereocenters. The van der Waals surface area contributed by atoms with Gasteiger partial charge in [-0.15, -0.1) is 0 Å². The number of amides is 4. The number of aromatic nitrogens is 2. The molecule has 138 valence electrons. The van der Waals surface area contributed by atoms with Gasteiger partial charge in [-0.05, 0) is 36.8 Å². The van der Waals surface area contributed by atoms with Crippen LogP contribution in [0, 0.1) is 0 Å². The van der Waals surface area contributed by atoms with Gasteiger partial charge in [0, 0.05) is 18.7 Å². The zero-order valence-corrected chi connectivity index (χ0v) is 14.3. The van der Waals surface area contributed by atoms with E-state index in [0.717, 1.165) is 15.9 Å². The van der Waals surface area contributed by atoms with Gasteiger partial charge < -0.3 is 20.0 Å². The largest absolute Gasteiger partial charge is 0.461 e. The van der Waals surface area contributed by atoms with E-state index < -0.39 is 6.03 Å². The van der Waals surface area contributed by atoms with Crippen LogP contribution >= 0.6 is 0 Å². The number of fused-ring (bicyclic) bond motifs is 1. The van der Waals surface area contributed by atoms with Crippen molar-refractivity contribution in [2.24, 2.45) is 0 Å². The standard InChI is InChI=1S/C18H17N5O4/c24-15(4-1-7-23-16(25)10-19-18(23)26)20-11-5-6-12-13(9-11)22-17(21-12)14-3-2-8-27-14/h2-3,5-6,8-9H,1,4,7,10H2,(H,19,26)(H,20,24)(H,21,22). The lowest BCUT2D eigenvalue weighted by Gasteiger charge is -2.11. The highest BCUT2D eigenvalue weighted by atomic mass is 16.3. The summed E-state index contributed by atoms with van der Waals surface area (Å²) in [6, 6.07) is 8.56. The van der Waals surface area contributed by atoms with Crippen LogP contribution in [0.15, 0.2) is 41.0 Å². The van der Waals surface area contributed by atoms with Gasteiger partial charge in [0.1, 0.15) is 0 Å². The molecule has 4 rings (SSSR count). The number of imidazole rings is 1. The summed E-state index contributed by atoms with van der Waals surface area (Å²) in [7, 11) is 0.